The van der Waals surface area contributed by atoms with E-state index in [1.807, 2.05) is 0 Å². The lowest BCUT2D eigenvalue weighted by atomic mass is 9.77. The van der Waals surface area contributed by atoms with Gasteiger partial charge in [0.1, 0.15) is 0 Å². The van der Waals surface area contributed by atoms with Crippen molar-refractivity contribution < 1.29 is 0 Å². The molecule has 1 aromatic rings. The van der Waals surface area contributed by atoms with Crippen LogP contribution in [0.15, 0.2) is 18.2 Å². The van der Waals surface area contributed by atoms with Crippen molar-refractivity contribution in [3.63, 3.8) is 0 Å². The predicted molar refractivity (Wildman–Crippen MR) is 77.0 cm³/mol. The fourth-order valence-corrected chi connectivity index (χ4v) is 3.54. The van der Waals surface area contributed by atoms with Crippen molar-refractivity contribution in [2.45, 2.75) is 50.5 Å². The van der Waals surface area contributed by atoms with Crippen LogP contribution in [0.1, 0.15) is 49.7 Å². The molecule has 1 aromatic carbocycles. The molecule has 0 spiro atoms. The molecule has 1 fully saturated rings. The Labute approximate surface area is 110 Å². The van der Waals surface area contributed by atoms with Crippen LogP contribution in [0.2, 0.25) is 0 Å². The summed E-state index contributed by atoms with van der Waals surface area (Å²) in [6, 6.07) is 6.95. The molecule has 98 valence electrons. The van der Waals surface area contributed by atoms with Gasteiger partial charge < -0.3 is 10.6 Å². The molecule has 1 aliphatic carbocycles. The molecule has 1 saturated carbocycles. The van der Waals surface area contributed by atoms with Crippen molar-refractivity contribution in [1.29, 1.82) is 0 Å². The zero-order valence-corrected chi connectivity index (χ0v) is 11.4. The van der Waals surface area contributed by atoms with Gasteiger partial charge in [0.15, 0.2) is 0 Å². The fraction of sp³-hybridized carbons (Fsp3) is 0.625. The van der Waals surface area contributed by atoms with E-state index in [1.165, 1.54) is 55.5 Å². The van der Waals surface area contributed by atoms with Gasteiger partial charge in [-0.05, 0) is 42.9 Å². The number of nitrogens with two attached hydrogens (primary N) is 1. The van der Waals surface area contributed by atoms with Crippen molar-refractivity contribution in [3.8, 4) is 0 Å². The third-order valence-corrected chi connectivity index (χ3v) is 4.76. The summed E-state index contributed by atoms with van der Waals surface area (Å²) >= 11 is 0. The lowest BCUT2D eigenvalue weighted by Crippen LogP contribution is -2.39. The first-order valence-electron chi connectivity index (χ1n) is 7.32. The smallest absolute Gasteiger partial charge is 0.0410 e. The summed E-state index contributed by atoms with van der Waals surface area (Å²) in [5.41, 5.74) is 10.8. The van der Waals surface area contributed by atoms with E-state index in [-0.39, 0.29) is 5.54 Å². The van der Waals surface area contributed by atoms with Gasteiger partial charge in [0.25, 0.3) is 0 Å². The fourth-order valence-electron chi connectivity index (χ4n) is 3.54. The highest BCUT2D eigenvalue weighted by Crippen LogP contribution is 2.37. The number of rotatable bonds is 1. The summed E-state index contributed by atoms with van der Waals surface area (Å²) in [6.07, 6.45) is 8.70. The van der Waals surface area contributed by atoms with Gasteiger partial charge in [-0.1, -0.05) is 31.4 Å². The number of hydrogen-bond donors (Lipinski definition) is 1. The second kappa shape index (κ2) is 4.58. The van der Waals surface area contributed by atoms with Gasteiger partial charge in [0, 0.05) is 24.8 Å². The molecule has 2 nitrogen and oxygen atoms in total. The average Bonchev–Trinajstić information content (AvgIpc) is 2.40. The topological polar surface area (TPSA) is 29.3 Å². The number of fused-ring (bicyclic) bond motifs is 1. The summed E-state index contributed by atoms with van der Waals surface area (Å²) in [5, 5.41) is 0. The minimum absolute atomic E-state index is 0.0639. The minimum Gasteiger partial charge on any atom is -0.374 e. The van der Waals surface area contributed by atoms with Crippen LogP contribution in [0.25, 0.3) is 0 Å². The van der Waals surface area contributed by atoms with Crippen LogP contribution < -0.4 is 10.6 Å². The van der Waals surface area contributed by atoms with E-state index in [4.69, 9.17) is 5.73 Å². The molecule has 18 heavy (non-hydrogen) atoms. The van der Waals surface area contributed by atoms with Gasteiger partial charge in [-0.3, -0.25) is 0 Å². The molecule has 0 saturated heterocycles. The Balaban J connectivity index is 1.95. The maximum atomic E-state index is 6.64. The first kappa shape index (κ1) is 12.0. The quantitative estimate of drug-likeness (QED) is 0.822. The Morgan fingerprint density at radius 3 is 2.67 bits per heavy atom. The van der Waals surface area contributed by atoms with Crippen molar-refractivity contribution in [2.24, 2.45) is 5.73 Å². The Hall–Kier alpha value is -1.02. The molecule has 0 atom stereocenters. The van der Waals surface area contributed by atoms with E-state index < -0.39 is 0 Å². The maximum Gasteiger partial charge on any atom is 0.0410 e. The van der Waals surface area contributed by atoms with E-state index in [2.05, 4.69) is 30.1 Å². The van der Waals surface area contributed by atoms with Crippen molar-refractivity contribution in [3.05, 3.63) is 29.3 Å². The molecule has 0 bridgehead atoms. The highest BCUT2D eigenvalue weighted by atomic mass is 15.1. The van der Waals surface area contributed by atoms with E-state index in [0.717, 1.165) is 12.8 Å². The minimum atomic E-state index is -0.0639. The van der Waals surface area contributed by atoms with Crippen LogP contribution in [0.3, 0.4) is 0 Å². The van der Waals surface area contributed by atoms with Crippen LogP contribution in [0, 0.1) is 0 Å². The van der Waals surface area contributed by atoms with Crippen molar-refractivity contribution in [1.82, 2.24) is 0 Å². The number of benzene rings is 1. The zero-order chi connectivity index (χ0) is 12.6. The molecule has 3 rings (SSSR count). The molecule has 0 radical (unpaired) electrons. The Bertz CT molecular complexity index is 433. The Morgan fingerprint density at radius 1 is 1.11 bits per heavy atom. The van der Waals surface area contributed by atoms with Gasteiger partial charge in [-0.15, -0.1) is 0 Å². The Kier molecular flexibility index (Phi) is 3.06. The van der Waals surface area contributed by atoms with Crippen LogP contribution in [0.5, 0.6) is 0 Å². The van der Waals surface area contributed by atoms with Crippen LogP contribution >= 0.6 is 0 Å². The molecule has 0 amide bonds. The van der Waals surface area contributed by atoms with Crippen LogP contribution in [0.4, 0.5) is 5.69 Å². The lowest BCUT2D eigenvalue weighted by molar-refractivity contribution is 0.302. The summed E-state index contributed by atoms with van der Waals surface area (Å²) in [4.78, 5) is 2.38. The van der Waals surface area contributed by atoms with E-state index >= 15 is 0 Å². The molecule has 2 heteroatoms. The predicted octanol–water partition coefficient (Wildman–Crippen LogP) is 3.19. The summed E-state index contributed by atoms with van der Waals surface area (Å²) in [6.45, 7) is 1.17. The molecular formula is C16H24N2. The largest absolute Gasteiger partial charge is 0.374 e. The molecule has 2 N–H and O–H groups in total. The van der Waals surface area contributed by atoms with Gasteiger partial charge in [-0.2, -0.15) is 0 Å². The highest BCUT2D eigenvalue weighted by molar-refractivity contribution is 5.57. The molecule has 2 aliphatic rings. The van der Waals surface area contributed by atoms with Gasteiger partial charge in [-0.25, -0.2) is 0 Å². The summed E-state index contributed by atoms with van der Waals surface area (Å²) < 4.78 is 0. The first-order chi connectivity index (χ1) is 8.69. The maximum absolute atomic E-state index is 6.64. The Morgan fingerprint density at radius 2 is 1.89 bits per heavy atom. The molecule has 1 heterocycles. The van der Waals surface area contributed by atoms with Crippen LogP contribution in [-0.4, -0.2) is 13.6 Å². The number of hydrogen-bond acceptors (Lipinski definition) is 2. The van der Waals surface area contributed by atoms with Gasteiger partial charge in [0.2, 0.25) is 0 Å². The second-order valence-corrected chi connectivity index (χ2v) is 6.09. The van der Waals surface area contributed by atoms with Crippen molar-refractivity contribution >= 4 is 5.69 Å². The first-order valence-corrected chi connectivity index (χ1v) is 7.32. The third-order valence-electron chi connectivity index (χ3n) is 4.76. The SMILES string of the molecule is CN1CCCc2ccc(C3(N)CCCCC3)cc21. The monoisotopic (exact) mass is 244 g/mol. The molecular weight excluding hydrogens is 220 g/mol. The standard InChI is InChI=1S/C16H24N2/c1-18-11-5-6-13-7-8-14(12-15(13)18)16(17)9-3-2-4-10-16/h7-8,12H,2-6,9-11,17H2,1H3. The van der Waals surface area contributed by atoms with Gasteiger partial charge >= 0.3 is 0 Å². The number of nitrogens with zero attached hydrogens (tertiary/aromatic N) is 1. The normalized spacial score (nSPS) is 22.7. The molecule has 1 aliphatic heterocycles. The van der Waals surface area contributed by atoms with E-state index in [1.54, 1.807) is 0 Å². The highest BCUT2D eigenvalue weighted by Gasteiger charge is 2.30. The second-order valence-electron chi connectivity index (χ2n) is 6.09. The van der Waals surface area contributed by atoms with Crippen LogP contribution in [-0.2, 0) is 12.0 Å². The average molecular weight is 244 g/mol. The third kappa shape index (κ3) is 2.03. The summed E-state index contributed by atoms with van der Waals surface area (Å²) in [7, 11) is 2.20. The lowest BCUT2D eigenvalue weighted by Gasteiger charge is -2.36. The summed E-state index contributed by atoms with van der Waals surface area (Å²) in [5.74, 6) is 0. The number of aryl methyl sites for hydroxylation is 1. The molecule has 0 aromatic heterocycles. The molecule has 0 unspecified atom stereocenters. The van der Waals surface area contributed by atoms with Crippen molar-refractivity contribution in [2.75, 3.05) is 18.5 Å². The van der Waals surface area contributed by atoms with E-state index in [9.17, 15) is 0 Å². The van der Waals surface area contributed by atoms with E-state index in [0.29, 0.717) is 0 Å². The number of anilines is 1. The van der Waals surface area contributed by atoms with Gasteiger partial charge in [0.05, 0.1) is 0 Å². The zero-order valence-electron chi connectivity index (χ0n) is 11.4.